The highest BCUT2D eigenvalue weighted by molar-refractivity contribution is 9.10. The first-order valence-electron chi connectivity index (χ1n) is 8.40. The zero-order valence-electron chi connectivity index (χ0n) is 14.5. The van der Waals surface area contributed by atoms with Crippen molar-refractivity contribution in [3.8, 4) is 5.69 Å². The van der Waals surface area contributed by atoms with Crippen molar-refractivity contribution in [1.82, 2.24) is 14.8 Å². The second kappa shape index (κ2) is 7.11. The zero-order chi connectivity index (χ0) is 17.3. The molecule has 4 nitrogen and oxygen atoms in total. The lowest BCUT2D eigenvalue weighted by Crippen LogP contribution is -2.30. The predicted molar refractivity (Wildman–Crippen MR) is 101 cm³/mol. The number of halogens is 1. The van der Waals surface area contributed by atoms with E-state index < -0.39 is 0 Å². The fourth-order valence-corrected chi connectivity index (χ4v) is 4.02. The highest BCUT2D eigenvalue weighted by Gasteiger charge is 2.28. The van der Waals surface area contributed by atoms with Crippen LogP contribution in [0.3, 0.4) is 0 Å². The molecule has 0 saturated carbocycles. The average molecular weight is 390 g/mol. The van der Waals surface area contributed by atoms with Gasteiger partial charge in [-0.3, -0.25) is 4.79 Å². The van der Waals surface area contributed by atoms with Gasteiger partial charge < -0.3 is 14.8 Å². The van der Waals surface area contributed by atoms with Gasteiger partial charge in [-0.05, 0) is 64.0 Å². The number of benzene rings is 1. The lowest BCUT2D eigenvalue weighted by molar-refractivity contribution is 0.0786. The van der Waals surface area contributed by atoms with Crippen molar-refractivity contribution in [1.29, 1.82) is 0 Å². The van der Waals surface area contributed by atoms with Gasteiger partial charge in [0.1, 0.15) is 0 Å². The maximum atomic E-state index is 13.0. The summed E-state index contributed by atoms with van der Waals surface area (Å²) >= 11 is 3.53. The van der Waals surface area contributed by atoms with Crippen molar-refractivity contribution in [3.63, 3.8) is 0 Å². The number of amides is 1. The summed E-state index contributed by atoms with van der Waals surface area (Å²) in [4.78, 5) is 15.0. The van der Waals surface area contributed by atoms with E-state index in [-0.39, 0.29) is 5.91 Å². The van der Waals surface area contributed by atoms with Crippen molar-refractivity contribution in [2.75, 3.05) is 26.7 Å². The molecule has 1 aliphatic rings. The quantitative estimate of drug-likeness (QED) is 0.867. The van der Waals surface area contributed by atoms with Crippen molar-refractivity contribution >= 4 is 21.8 Å². The van der Waals surface area contributed by atoms with Gasteiger partial charge in [-0.2, -0.15) is 0 Å². The Morgan fingerprint density at radius 2 is 2.12 bits per heavy atom. The van der Waals surface area contributed by atoms with Gasteiger partial charge >= 0.3 is 0 Å². The third-order valence-electron chi connectivity index (χ3n) is 4.79. The highest BCUT2D eigenvalue weighted by Crippen LogP contribution is 2.26. The molecule has 0 bridgehead atoms. The Labute approximate surface area is 152 Å². The van der Waals surface area contributed by atoms with Gasteiger partial charge in [-0.15, -0.1) is 0 Å². The molecule has 1 N–H and O–H groups in total. The number of carbonyl (C=O) groups excluding carboxylic acids is 1. The number of hydrogen-bond acceptors (Lipinski definition) is 2. The maximum Gasteiger partial charge on any atom is 0.255 e. The molecule has 3 rings (SSSR count). The molecular weight excluding hydrogens is 366 g/mol. The van der Waals surface area contributed by atoms with Gasteiger partial charge in [0.05, 0.1) is 5.56 Å². The topological polar surface area (TPSA) is 37.3 Å². The van der Waals surface area contributed by atoms with Crippen LogP contribution in [0.5, 0.6) is 0 Å². The molecular formula is C19H24BrN3O. The monoisotopic (exact) mass is 389 g/mol. The van der Waals surface area contributed by atoms with Crippen LogP contribution >= 0.6 is 15.9 Å². The number of likely N-dealkylation sites (tertiary alicyclic amines) is 1. The van der Waals surface area contributed by atoms with Crippen molar-refractivity contribution < 1.29 is 4.79 Å². The number of nitrogens with zero attached hydrogens (tertiary/aromatic N) is 2. The van der Waals surface area contributed by atoms with Gasteiger partial charge in [-0.25, -0.2) is 0 Å². The maximum absolute atomic E-state index is 13.0. The Bertz CT molecular complexity index is 753. The first-order chi connectivity index (χ1) is 11.5. The molecule has 24 heavy (non-hydrogen) atoms. The minimum absolute atomic E-state index is 0.156. The SMILES string of the molecule is CNCC1CCN(C(=O)c2cc(C)n(-c3cccc(Br)c3)c2C)C1. The molecule has 2 aromatic rings. The number of hydrogen-bond donors (Lipinski definition) is 1. The molecule has 1 fully saturated rings. The molecule has 1 unspecified atom stereocenters. The summed E-state index contributed by atoms with van der Waals surface area (Å²) < 4.78 is 3.19. The fraction of sp³-hybridized carbons (Fsp3) is 0.421. The normalized spacial score (nSPS) is 17.5. The molecule has 2 heterocycles. The van der Waals surface area contributed by atoms with E-state index in [0.717, 1.165) is 53.2 Å². The molecule has 1 saturated heterocycles. The van der Waals surface area contributed by atoms with Crippen LogP contribution in [-0.4, -0.2) is 42.1 Å². The first-order valence-corrected chi connectivity index (χ1v) is 9.19. The largest absolute Gasteiger partial charge is 0.338 e. The standard InChI is InChI=1S/C19H24BrN3O/c1-13-9-18(19(24)22-8-7-15(12-22)11-21-3)14(2)23(13)17-6-4-5-16(20)10-17/h4-6,9-10,15,21H,7-8,11-12H2,1-3H3. The Morgan fingerprint density at radius 3 is 2.83 bits per heavy atom. The molecule has 1 amide bonds. The molecule has 1 aromatic heterocycles. The van der Waals surface area contributed by atoms with Crippen LogP contribution in [0.1, 0.15) is 28.2 Å². The van der Waals surface area contributed by atoms with Gasteiger partial charge in [0.2, 0.25) is 0 Å². The number of nitrogens with one attached hydrogen (secondary N) is 1. The summed E-state index contributed by atoms with van der Waals surface area (Å²) in [5.41, 5.74) is 3.98. The van der Waals surface area contributed by atoms with Crippen molar-refractivity contribution in [3.05, 3.63) is 51.8 Å². The van der Waals surface area contributed by atoms with Crippen molar-refractivity contribution in [2.24, 2.45) is 5.92 Å². The second-order valence-corrected chi connectivity index (χ2v) is 7.48. The lowest BCUT2D eigenvalue weighted by Gasteiger charge is -2.17. The minimum atomic E-state index is 0.156. The number of aromatic nitrogens is 1. The third kappa shape index (κ3) is 3.28. The van der Waals surface area contributed by atoms with Gasteiger partial charge in [0.15, 0.2) is 0 Å². The summed E-state index contributed by atoms with van der Waals surface area (Å²) in [6.07, 6.45) is 1.08. The van der Waals surface area contributed by atoms with Crippen LogP contribution < -0.4 is 5.32 Å². The van der Waals surface area contributed by atoms with E-state index >= 15 is 0 Å². The second-order valence-electron chi connectivity index (χ2n) is 6.56. The van der Waals surface area contributed by atoms with E-state index in [1.54, 1.807) is 0 Å². The lowest BCUT2D eigenvalue weighted by atomic mass is 10.1. The zero-order valence-corrected chi connectivity index (χ0v) is 16.1. The van der Waals surface area contributed by atoms with E-state index in [4.69, 9.17) is 0 Å². The smallest absolute Gasteiger partial charge is 0.255 e. The molecule has 128 valence electrons. The summed E-state index contributed by atoms with van der Waals surface area (Å²) in [5.74, 6) is 0.718. The first kappa shape index (κ1) is 17.2. The summed E-state index contributed by atoms with van der Waals surface area (Å²) in [6, 6.07) is 10.2. The molecule has 5 heteroatoms. The highest BCUT2D eigenvalue weighted by atomic mass is 79.9. The average Bonchev–Trinajstić information content (AvgIpc) is 3.12. The van der Waals surface area contributed by atoms with Gasteiger partial charge in [0, 0.05) is 34.6 Å². The predicted octanol–water partition coefficient (Wildman–Crippen LogP) is 3.54. The summed E-state index contributed by atoms with van der Waals surface area (Å²) in [7, 11) is 1.97. The van der Waals surface area contributed by atoms with E-state index in [9.17, 15) is 4.79 Å². The van der Waals surface area contributed by atoms with E-state index in [0.29, 0.717) is 5.92 Å². The third-order valence-corrected chi connectivity index (χ3v) is 5.29. The van der Waals surface area contributed by atoms with Crippen LogP contribution in [0.25, 0.3) is 5.69 Å². The van der Waals surface area contributed by atoms with Crippen LogP contribution in [-0.2, 0) is 0 Å². The van der Waals surface area contributed by atoms with Crippen LogP contribution in [0.4, 0.5) is 0 Å². The Balaban J connectivity index is 1.88. The molecule has 0 radical (unpaired) electrons. The van der Waals surface area contributed by atoms with Gasteiger partial charge in [-0.1, -0.05) is 22.0 Å². The Kier molecular flexibility index (Phi) is 5.11. The van der Waals surface area contributed by atoms with Crippen LogP contribution in [0, 0.1) is 19.8 Å². The Hall–Kier alpha value is -1.59. The van der Waals surface area contributed by atoms with E-state index in [1.807, 2.05) is 37.1 Å². The molecule has 1 aromatic carbocycles. The number of aryl methyl sites for hydroxylation is 1. The minimum Gasteiger partial charge on any atom is -0.338 e. The number of carbonyl (C=O) groups is 1. The van der Waals surface area contributed by atoms with Crippen LogP contribution in [0.2, 0.25) is 0 Å². The molecule has 0 spiro atoms. The number of rotatable bonds is 4. The van der Waals surface area contributed by atoms with Gasteiger partial charge in [0.25, 0.3) is 5.91 Å². The Morgan fingerprint density at radius 1 is 1.33 bits per heavy atom. The van der Waals surface area contributed by atoms with E-state index in [2.05, 4.69) is 44.9 Å². The summed E-state index contributed by atoms with van der Waals surface area (Å²) in [5, 5.41) is 3.21. The summed E-state index contributed by atoms with van der Waals surface area (Å²) in [6.45, 7) is 6.76. The fourth-order valence-electron chi connectivity index (χ4n) is 3.63. The van der Waals surface area contributed by atoms with Crippen LogP contribution in [0.15, 0.2) is 34.8 Å². The van der Waals surface area contributed by atoms with E-state index in [1.165, 1.54) is 0 Å². The molecule has 1 atom stereocenters. The molecule has 0 aliphatic carbocycles. The van der Waals surface area contributed by atoms with Crippen molar-refractivity contribution in [2.45, 2.75) is 20.3 Å². The molecule has 1 aliphatic heterocycles.